The number of hydrogen-bond donors (Lipinski definition) is 1. The average Bonchev–Trinajstić information content (AvgIpc) is 2.58. The molecule has 0 spiro atoms. The fraction of sp³-hybridized carbons (Fsp3) is 0.478. The molecule has 0 unspecified atom stereocenters. The normalized spacial score (nSPS) is 18.7. The minimum atomic E-state index is 0.380. The molecule has 0 radical (unpaired) electrons. The van der Waals surface area contributed by atoms with E-state index in [-0.39, 0.29) is 0 Å². The van der Waals surface area contributed by atoms with E-state index in [0.29, 0.717) is 11.8 Å². The van der Waals surface area contributed by atoms with Crippen LogP contribution in [0.2, 0.25) is 0 Å². The molecule has 3 heteroatoms. The van der Waals surface area contributed by atoms with Crippen molar-refractivity contribution in [2.45, 2.75) is 38.3 Å². The van der Waals surface area contributed by atoms with Gasteiger partial charge >= 0.3 is 0 Å². The van der Waals surface area contributed by atoms with Crippen molar-refractivity contribution in [3.05, 3.63) is 65.7 Å². The fourth-order valence-electron chi connectivity index (χ4n) is 4.16. The Morgan fingerprint density at radius 2 is 1.73 bits per heavy atom. The fourth-order valence-corrected chi connectivity index (χ4v) is 4.16. The highest BCUT2D eigenvalue weighted by Gasteiger charge is 2.33. The number of phenols is 1. The maximum atomic E-state index is 9.69. The first-order valence-electron chi connectivity index (χ1n) is 10.0. The number of aromatic hydroxyl groups is 1. The van der Waals surface area contributed by atoms with Crippen LogP contribution in [0.1, 0.15) is 30.4 Å². The van der Waals surface area contributed by atoms with Crippen LogP contribution in [0, 0.1) is 5.92 Å². The van der Waals surface area contributed by atoms with Crippen LogP contribution in [0.25, 0.3) is 0 Å². The monoisotopic (exact) mass is 350 g/mol. The second-order valence-electron chi connectivity index (χ2n) is 8.05. The Balaban J connectivity index is 1.30. The summed E-state index contributed by atoms with van der Waals surface area (Å²) >= 11 is 0. The van der Waals surface area contributed by atoms with E-state index in [1.165, 1.54) is 50.0 Å². The summed E-state index contributed by atoms with van der Waals surface area (Å²) in [5, 5.41) is 9.69. The van der Waals surface area contributed by atoms with Gasteiger partial charge in [-0.25, -0.2) is 0 Å². The van der Waals surface area contributed by atoms with Crippen molar-refractivity contribution in [3.8, 4) is 5.75 Å². The SMILES string of the molecule is Oc1cccc(CCN(CC2CCC2)C2CN(Cc3ccccc3)C2)c1. The first-order chi connectivity index (χ1) is 12.8. The Bertz CT molecular complexity index is 692. The Hall–Kier alpha value is -1.84. The molecule has 4 rings (SSSR count). The second-order valence-corrected chi connectivity index (χ2v) is 8.05. The van der Waals surface area contributed by atoms with Gasteiger partial charge in [-0.2, -0.15) is 0 Å². The first-order valence-corrected chi connectivity index (χ1v) is 10.0. The Morgan fingerprint density at radius 3 is 2.42 bits per heavy atom. The smallest absolute Gasteiger partial charge is 0.115 e. The molecule has 2 fully saturated rings. The molecule has 0 aromatic heterocycles. The van der Waals surface area contributed by atoms with E-state index < -0.39 is 0 Å². The lowest BCUT2D eigenvalue weighted by Crippen LogP contribution is -2.60. The summed E-state index contributed by atoms with van der Waals surface area (Å²) < 4.78 is 0. The van der Waals surface area contributed by atoms with E-state index >= 15 is 0 Å². The Morgan fingerprint density at radius 1 is 0.962 bits per heavy atom. The highest BCUT2D eigenvalue weighted by molar-refractivity contribution is 5.27. The van der Waals surface area contributed by atoms with Crippen LogP contribution < -0.4 is 0 Å². The van der Waals surface area contributed by atoms with E-state index in [9.17, 15) is 5.11 Å². The van der Waals surface area contributed by atoms with Crippen LogP contribution in [-0.4, -0.2) is 47.1 Å². The topological polar surface area (TPSA) is 26.7 Å². The molecule has 0 bridgehead atoms. The van der Waals surface area contributed by atoms with Crippen LogP contribution in [0.15, 0.2) is 54.6 Å². The lowest BCUT2D eigenvalue weighted by Gasteiger charge is -2.47. The quantitative estimate of drug-likeness (QED) is 0.782. The summed E-state index contributed by atoms with van der Waals surface area (Å²) in [5.74, 6) is 1.29. The minimum absolute atomic E-state index is 0.380. The van der Waals surface area contributed by atoms with Crippen LogP contribution in [-0.2, 0) is 13.0 Å². The number of rotatable bonds is 8. The standard InChI is InChI=1S/C23H30N2O/c26-23-11-5-8-19(14-23)12-13-25(16-21-9-4-10-21)22-17-24(18-22)15-20-6-2-1-3-7-20/h1-3,5-8,11,14,21-22,26H,4,9-10,12-13,15-18H2. The zero-order valence-corrected chi connectivity index (χ0v) is 15.6. The molecule has 26 heavy (non-hydrogen) atoms. The first kappa shape index (κ1) is 17.6. The van der Waals surface area contributed by atoms with Crippen molar-refractivity contribution < 1.29 is 5.11 Å². The predicted octanol–water partition coefficient (Wildman–Crippen LogP) is 3.92. The van der Waals surface area contributed by atoms with E-state index in [4.69, 9.17) is 0 Å². The van der Waals surface area contributed by atoms with Gasteiger partial charge in [0.05, 0.1) is 0 Å². The lowest BCUT2D eigenvalue weighted by molar-refractivity contribution is 0.0130. The zero-order chi connectivity index (χ0) is 17.8. The molecule has 1 N–H and O–H groups in total. The van der Waals surface area contributed by atoms with E-state index in [0.717, 1.165) is 25.4 Å². The summed E-state index contributed by atoms with van der Waals surface area (Å²) in [7, 11) is 0. The van der Waals surface area contributed by atoms with Crippen LogP contribution in [0.3, 0.4) is 0 Å². The van der Waals surface area contributed by atoms with Crippen molar-refractivity contribution in [2.24, 2.45) is 5.92 Å². The lowest BCUT2D eigenvalue weighted by atomic mass is 9.84. The van der Waals surface area contributed by atoms with E-state index in [2.05, 4.69) is 46.2 Å². The molecule has 2 aliphatic rings. The van der Waals surface area contributed by atoms with Gasteiger partial charge in [-0.05, 0) is 48.4 Å². The number of likely N-dealkylation sites (tertiary alicyclic amines) is 1. The van der Waals surface area contributed by atoms with Crippen LogP contribution in [0.5, 0.6) is 5.75 Å². The van der Waals surface area contributed by atoms with Gasteiger partial charge in [0, 0.05) is 38.8 Å². The van der Waals surface area contributed by atoms with Crippen LogP contribution in [0.4, 0.5) is 0 Å². The molecular weight excluding hydrogens is 320 g/mol. The predicted molar refractivity (Wildman–Crippen MR) is 106 cm³/mol. The maximum Gasteiger partial charge on any atom is 0.115 e. The third-order valence-corrected chi connectivity index (χ3v) is 6.02. The van der Waals surface area contributed by atoms with Crippen molar-refractivity contribution in [1.29, 1.82) is 0 Å². The molecular formula is C23H30N2O. The summed E-state index contributed by atoms with van der Waals surface area (Å²) in [6.45, 7) is 5.79. The molecule has 1 saturated heterocycles. The van der Waals surface area contributed by atoms with E-state index in [1.807, 2.05) is 12.1 Å². The molecule has 1 aliphatic carbocycles. The van der Waals surface area contributed by atoms with Gasteiger partial charge in [0.1, 0.15) is 5.75 Å². The molecule has 1 heterocycles. The molecule has 0 amide bonds. The molecule has 3 nitrogen and oxygen atoms in total. The van der Waals surface area contributed by atoms with Crippen molar-refractivity contribution in [3.63, 3.8) is 0 Å². The Labute approximate surface area is 157 Å². The summed E-state index contributed by atoms with van der Waals surface area (Å²) in [6.07, 6.45) is 5.25. The molecule has 1 saturated carbocycles. The van der Waals surface area contributed by atoms with E-state index in [1.54, 1.807) is 6.07 Å². The molecule has 1 aliphatic heterocycles. The number of nitrogens with zero attached hydrogens (tertiary/aromatic N) is 2. The minimum Gasteiger partial charge on any atom is -0.508 e. The number of benzene rings is 2. The Kier molecular flexibility index (Phi) is 5.57. The molecule has 2 aromatic carbocycles. The molecule has 0 atom stereocenters. The maximum absolute atomic E-state index is 9.69. The molecule has 2 aromatic rings. The van der Waals surface area contributed by atoms with Crippen molar-refractivity contribution >= 4 is 0 Å². The summed E-state index contributed by atoms with van der Waals surface area (Å²) in [4.78, 5) is 5.28. The zero-order valence-electron chi connectivity index (χ0n) is 15.6. The van der Waals surface area contributed by atoms with Crippen molar-refractivity contribution in [2.75, 3.05) is 26.2 Å². The van der Waals surface area contributed by atoms with Gasteiger partial charge < -0.3 is 5.11 Å². The summed E-state index contributed by atoms with van der Waals surface area (Å²) in [6, 6.07) is 19.2. The van der Waals surface area contributed by atoms with Gasteiger partial charge in [0.25, 0.3) is 0 Å². The summed E-state index contributed by atoms with van der Waals surface area (Å²) in [5.41, 5.74) is 2.65. The van der Waals surface area contributed by atoms with Crippen molar-refractivity contribution in [1.82, 2.24) is 9.80 Å². The third kappa shape index (κ3) is 4.46. The second kappa shape index (κ2) is 8.24. The average molecular weight is 351 g/mol. The molecule has 138 valence electrons. The highest BCUT2D eigenvalue weighted by Crippen LogP contribution is 2.29. The third-order valence-electron chi connectivity index (χ3n) is 6.02. The van der Waals surface area contributed by atoms with Gasteiger partial charge in [-0.15, -0.1) is 0 Å². The number of hydrogen-bond acceptors (Lipinski definition) is 3. The van der Waals surface area contributed by atoms with Gasteiger partial charge in [-0.3, -0.25) is 9.80 Å². The van der Waals surface area contributed by atoms with Gasteiger partial charge in [0.2, 0.25) is 0 Å². The number of phenolic OH excluding ortho intramolecular Hbond substituents is 1. The largest absolute Gasteiger partial charge is 0.508 e. The van der Waals surface area contributed by atoms with Gasteiger partial charge in [0.15, 0.2) is 0 Å². The highest BCUT2D eigenvalue weighted by atomic mass is 16.3. The van der Waals surface area contributed by atoms with Crippen LogP contribution >= 0.6 is 0 Å². The van der Waals surface area contributed by atoms with Gasteiger partial charge in [-0.1, -0.05) is 48.9 Å².